The number of hydrogen-bond donors (Lipinski definition) is 1. The van der Waals surface area contributed by atoms with Gasteiger partial charge in [-0.1, -0.05) is 20.3 Å². The van der Waals surface area contributed by atoms with Gasteiger partial charge in [0.1, 0.15) is 0 Å². The van der Waals surface area contributed by atoms with E-state index in [9.17, 15) is 0 Å². The molecule has 1 aliphatic heterocycles. The van der Waals surface area contributed by atoms with Gasteiger partial charge in [-0.2, -0.15) is 0 Å². The van der Waals surface area contributed by atoms with E-state index < -0.39 is 0 Å². The first-order valence-electron chi connectivity index (χ1n) is 7.20. The Morgan fingerprint density at radius 2 is 2.00 bits per heavy atom. The van der Waals surface area contributed by atoms with Gasteiger partial charge in [0, 0.05) is 18.6 Å². The number of rotatable bonds is 3. The van der Waals surface area contributed by atoms with E-state index in [1.807, 2.05) is 0 Å². The van der Waals surface area contributed by atoms with Crippen molar-refractivity contribution in [2.24, 2.45) is 17.6 Å². The smallest absolute Gasteiger partial charge is 0.0223 e. The first-order chi connectivity index (χ1) is 7.74. The molecule has 4 atom stereocenters. The van der Waals surface area contributed by atoms with Gasteiger partial charge in [0.15, 0.2) is 0 Å². The van der Waals surface area contributed by atoms with Gasteiger partial charge in [0.05, 0.1) is 0 Å². The Labute approximate surface area is 101 Å². The Hall–Kier alpha value is -0.0800. The zero-order valence-corrected chi connectivity index (χ0v) is 11.0. The van der Waals surface area contributed by atoms with Gasteiger partial charge in [0.2, 0.25) is 0 Å². The van der Waals surface area contributed by atoms with E-state index in [0.717, 1.165) is 24.4 Å². The molecule has 0 aromatic heterocycles. The molecule has 0 bridgehead atoms. The highest BCUT2D eigenvalue weighted by Gasteiger charge is 2.34. The van der Waals surface area contributed by atoms with Crippen LogP contribution in [0.5, 0.6) is 0 Å². The van der Waals surface area contributed by atoms with E-state index in [-0.39, 0.29) is 0 Å². The predicted molar refractivity (Wildman–Crippen MR) is 69.4 cm³/mol. The molecule has 4 unspecified atom stereocenters. The van der Waals surface area contributed by atoms with Gasteiger partial charge >= 0.3 is 0 Å². The maximum atomic E-state index is 5.97. The quantitative estimate of drug-likeness (QED) is 0.798. The van der Waals surface area contributed by atoms with E-state index >= 15 is 0 Å². The van der Waals surface area contributed by atoms with E-state index in [4.69, 9.17) is 5.73 Å². The van der Waals surface area contributed by atoms with E-state index in [1.54, 1.807) is 0 Å². The average Bonchev–Trinajstić information content (AvgIpc) is 2.74. The molecule has 1 aliphatic carbocycles. The number of nitrogens with zero attached hydrogens (tertiary/aromatic N) is 1. The largest absolute Gasteiger partial charge is 0.329 e. The third-order valence-electron chi connectivity index (χ3n) is 4.86. The molecule has 2 heteroatoms. The molecule has 94 valence electrons. The van der Waals surface area contributed by atoms with Gasteiger partial charge < -0.3 is 5.73 Å². The fourth-order valence-corrected chi connectivity index (χ4v) is 3.71. The molecule has 2 rings (SSSR count). The molecule has 0 spiro atoms. The van der Waals surface area contributed by atoms with Crippen LogP contribution >= 0.6 is 0 Å². The molecule has 0 radical (unpaired) electrons. The van der Waals surface area contributed by atoms with Crippen LogP contribution in [-0.4, -0.2) is 30.1 Å². The maximum Gasteiger partial charge on any atom is 0.0223 e. The molecule has 0 amide bonds. The van der Waals surface area contributed by atoms with E-state index in [0.29, 0.717) is 6.04 Å². The molecule has 2 aliphatic rings. The van der Waals surface area contributed by atoms with Crippen molar-refractivity contribution >= 4 is 0 Å². The zero-order chi connectivity index (χ0) is 11.5. The summed E-state index contributed by atoms with van der Waals surface area (Å²) in [5.41, 5.74) is 5.97. The van der Waals surface area contributed by atoms with Crippen LogP contribution in [0.25, 0.3) is 0 Å². The second kappa shape index (κ2) is 5.50. The third-order valence-corrected chi connectivity index (χ3v) is 4.86. The summed E-state index contributed by atoms with van der Waals surface area (Å²) >= 11 is 0. The first kappa shape index (κ1) is 12.4. The minimum absolute atomic E-state index is 0.675. The Morgan fingerprint density at radius 1 is 1.19 bits per heavy atom. The first-order valence-corrected chi connectivity index (χ1v) is 7.20. The summed E-state index contributed by atoms with van der Waals surface area (Å²) in [7, 11) is 0. The molecule has 0 aromatic carbocycles. The Kier molecular flexibility index (Phi) is 4.26. The third kappa shape index (κ3) is 2.60. The zero-order valence-electron chi connectivity index (χ0n) is 11.0. The van der Waals surface area contributed by atoms with E-state index in [1.165, 1.54) is 45.1 Å². The summed E-state index contributed by atoms with van der Waals surface area (Å²) in [6.07, 6.45) is 8.33. The molecule has 1 saturated heterocycles. The SMILES string of the molecule is CCC1CCN(C2CCC(C)C2)C(CN)C1. The molecule has 0 aromatic rings. The highest BCUT2D eigenvalue weighted by Crippen LogP contribution is 2.34. The lowest BCUT2D eigenvalue weighted by molar-refractivity contribution is 0.0712. The van der Waals surface area contributed by atoms with Crippen LogP contribution in [0.1, 0.15) is 52.4 Å². The van der Waals surface area contributed by atoms with Gasteiger partial charge in [-0.15, -0.1) is 0 Å². The normalized spacial score (nSPS) is 41.4. The van der Waals surface area contributed by atoms with Crippen LogP contribution < -0.4 is 5.73 Å². The molecular weight excluding hydrogens is 196 g/mol. The fourth-order valence-electron chi connectivity index (χ4n) is 3.71. The van der Waals surface area contributed by atoms with Crippen molar-refractivity contribution in [2.45, 2.75) is 64.5 Å². The van der Waals surface area contributed by atoms with Crippen LogP contribution in [0, 0.1) is 11.8 Å². The standard InChI is InChI=1S/C14H28N2/c1-3-12-6-7-16(14(9-12)10-15)13-5-4-11(2)8-13/h11-14H,3-10,15H2,1-2H3. The topological polar surface area (TPSA) is 29.3 Å². The summed E-state index contributed by atoms with van der Waals surface area (Å²) in [6.45, 7) is 6.89. The summed E-state index contributed by atoms with van der Waals surface area (Å²) < 4.78 is 0. The molecule has 16 heavy (non-hydrogen) atoms. The number of nitrogens with two attached hydrogens (primary N) is 1. The lowest BCUT2D eigenvalue weighted by Crippen LogP contribution is -2.50. The average molecular weight is 224 g/mol. The molecule has 2 fully saturated rings. The number of likely N-dealkylation sites (tertiary alicyclic amines) is 1. The predicted octanol–water partition coefficient (Wildman–Crippen LogP) is 2.62. The maximum absolute atomic E-state index is 5.97. The highest BCUT2D eigenvalue weighted by atomic mass is 15.2. The monoisotopic (exact) mass is 224 g/mol. The number of hydrogen-bond acceptors (Lipinski definition) is 2. The van der Waals surface area contributed by atoms with Gasteiger partial charge in [-0.3, -0.25) is 4.90 Å². The van der Waals surface area contributed by atoms with Gasteiger partial charge in [0.25, 0.3) is 0 Å². The number of piperidine rings is 1. The van der Waals surface area contributed by atoms with Crippen LogP contribution in [0.15, 0.2) is 0 Å². The molecule has 1 heterocycles. The lowest BCUT2D eigenvalue weighted by atomic mass is 9.87. The van der Waals surface area contributed by atoms with Gasteiger partial charge in [-0.25, -0.2) is 0 Å². The van der Waals surface area contributed by atoms with Crippen molar-refractivity contribution in [3.63, 3.8) is 0 Å². The Morgan fingerprint density at radius 3 is 2.56 bits per heavy atom. The van der Waals surface area contributed by atoms with Crippen LogP contribution in [0.4, 0.5) is 0 Å². The van der Waals surface area contributed by atoms with Crippen molar-refractivity contribution in [1.29, 1.82) is 0 Å². The molecule has 2 nitrogen and oxygen atoms in total. The van der Waals surface area contributed by atoms with Crippen molar-refractivity contribution in [2.75, 3.05) is 13.1 Å². The minimum atomic E-state index is 0.675. The molecular formula is C14H28N2. The molecule has 2 N–H and O–H groups in total. The molecule has 1 saturated carbocycles. The summed E-state index contributed by atoms with van der Waals surface area (Å²) in [6, 6.07) is 1.52. The Bertz CT molecular complexity index is 217. The van der Waals surface area contributed by atoms with Crippen molar-refractivity contribution in [3.05, 3.63) is 0 Å². The van der Waals surface area contributed by atoms with Crippen LogP contribution in [0.2, 0.25) is 0 Å². The summed E-state index contributed by atoms with van der Waals surface area (Å²) in [5.74, 6) is 1.87. The second-order valence-electron chi connectivity index (χ2n) is 6.00. The van der Waals surface area contributed by atoms with Crippen molar-refractivity contribution in [1.82, 2.24) is 4.90 Å². The Balaban J connectivity index is 1.93. The fraction of sp³-hybridized carbons (Fsp3) is 1.00. The van der Waals surface area contributed by atoms with Crippen LogP contribution in [0.3, 0.4) is 0 Å². The van der Waals surface area contributed by atoms with Crippen LogP contribution in [-0.2, 0) is 0 Å². The van der Waals surface area contributed by atoms with E-state index in [2.05, 4.69) is 18.7 Å². The van der Waals surface area contributed by atoms with Gasteiger partial charge in [-0.05, 0) is 50.5 Å². The lowest BCUT2D eigenvalue weighted by Gasteiger charge is -2.42. The van der Waals surface area contributed by atoms with Crippen molar-refractivity contribution < 1.29 is 0 Å². The van der Waals surface area contributed by atoms with Crippen molar-refractivity contribution in [3.8, 4) is 0 Å². The second-order valence-corrected chi connectivity index (χ2v) is 6.00. The summed E-state index contributed by atoms with van der Waals surface area (Å²) in [4.78, 5) is 2.75. The highest BCUT2D eigenvalue weighted by molar-refractivity contribution is 4.89. The minimum Gasteiger partial charge on any atom is -0.329 e. The summed E-state index contributed by atoms with van der Waals surface area (Å²) in [5, 5.41) is 0.